The number of amides is 3. The summed E-state index contributed by atoms with van der Waals surface area (Å²) in [6.45, 7) is 2.86. The summed E-state index contributed by atoms with van der Waals surface area (Å²) >= 11 is 0. The third-order valence-electron chi connectivity index (χ3n) is 5.50. The quantitative estimate of drug-likeness (QED) is 0.342. The van der Waals surface area contributed by atoms with Gasteiger partial charge in [-0.3, -0.25) is 24.1 Å². The Hall–Kier alpha value is -2.99. The van der Waals surface area contributed by atoms with Crippen molar-refractivity contribution in [2.24, 2.45) is 11.8 Å². The van der Waals surface area contributed by atoms with Gasteiger partial charge in [0.25, 0.3) is 5.91 Å². The van der Waals surface area contributed by atoms with E-state index in [-0.39, 0.29) is 30.9 Å². The molecule has 1 saturated heterocycles. The largest absolute Gasteiger partial charge is 0.278 e. The van der Waals surface area contributed by atoms with Crippen molar-refractivity contribution in [1.82, 2.24) is 9.96 Å². The normalized spacial score (nSPS) is 18.4. The molecule has 0 spiro atoms. The molecular weight excluding hydrogens is 380 g/mol. The van der Waals surface area contributed by atoms with Crippen LogP contribution in [0.3, 0.4) is 0 Å². The fraction of sp³-hybridized carbons (Fsp3) is 0.375. The molecule has 0 radical (unpaired) electrons. The van der Waals surface area contributed by atoms with Gasteiger partial charge in [-0.1, -0.05) is 68.3 Å². The molecule has 2 atom stereocenters. The highest BCUT2D eigenvalue weighted by Gasteiger charge is 2.43. The number of nitrogens with zero attached hydrogens (tertiary/aromatic N) is 2. The molecule has 1 heterocycles. The Morgan fingerprint density at radius 2 is 1.80 bits per heavy atom. The molecule has 30 heavy (non-hydrogen) atoms. The highest BCUT2D eigenvalue weighted by molar-refractivity contribution is 6.06. The highest BCUT2D eigenvalue weighted by atomic mass is 16.7. The predicted molar refractivity (Wildman–Crippen MR) is 113 cm³/mol. The van der Waals surface area contributed by atoms with E-state index in [0.717, 1.165) is 24.8 Å². The van der Waals surface area contributed by atoms with Crippen molar-refractivity contribution in [3.8, 4) is 0 Å². The van der Waals surface area contributed by atoms with Crippen molar-refractivity contribution in [3.63, 3.8) is 0 Å². The number of hydroxylamine groups is 2. The summed E-state index contributed by atoms with van der Waals surface area (Å²) in [7, 11) is 0. The van der Waals surface area contributed by atoms with Gasteiger partial charge in [0.2, 0.25) is 12.3 Å². The number of carbonyl (C=O) groups is 3. The topological polar surface area (TPSA) is 66.9 Å². The van der Waals surface area contributed by atoms with Crippen molar-refractivity contribution in [1.29, 1.82) is 0 Å². The second-order valence-corrected chi connectivity index (χ2v) is 7.59. The molecule has 2 aromatic carbocycles. The average Bonchev–Trinajstić information content (AvgIpc) is 3.10. The molecule has 2 unspecified atom stereocenters. The van der Waals surface area contributed by atoms with E-state index >= 15 is 0 Å². The van der Waals surface area contributed by atoms with Gasteiger partial charge in [0.05, 0.1) is 12.5 Å². The molecule has 1 fully saturated rings. The number of unbranched alkanes of at least 4 members (excludes halogenated alkanes) is 1. The molecule has 6 nitrogen and oxygen atoms in total. The lowest BCUT2D eigenvalue weighted by molar-refractivity contribution is -0.182. The molecule has 0 aliphatic carbocycles. The molecule has 2 aromatic rings. The van der Waals surface area contributed by atoms with Crippen LogP contribution in [0, 0.1) is 11.8 Å². The molecule has 0 aromatic heterocycles. The molecule has 3 rings (SSSR count). The Balaban J connectivity index is 1.70. The smallest absolute Gasteiger partial charge is 0.260 e. The maximum absolute atomic E-state index is 13.1. The van der Waals surface area contributed by atoms with Gasteiger partial charge in [0.15, 0.2) is 0 Å². The Labute approximate surface area is 177 Å². The van der Waals surface area contributed by atoms with Crippen molar-refractivity contribution >= 4 is 18.2 Å². The molecular formula is C24H28N2O4. The first-order valence-corrected chi connectivity index (χ1v) is 10.4. The third-order valence-corrected chi connectivity index (χ3v) is 5.50. The molecule has 158 valence electrons. The van der Waals surface area contributed by atoms with Gasteiger partial charge >= 0.3 is 0 Å². The maximum atomic E-state index is 13.1. The first-order chi connectivity index (χ1) is 14.6. The Kier molecular flexibility index (Phi) is 7.74. The van der Waals surface area contributed by atoms with E-state index in [2.05, 4.69) is 6.92 Å². The van der Waals surface area contributed by atoms with E-state index in [4.69, 9.17) is 4.84 Å². The van der Waals surface area contributed by atoms with Crippen LogP contribution < -0.4 is 0 Å². The van der Waals surface area contributed by atoms with Gasteiger partial charge in [-0.05, 0) is 30.0 Å². The second kappa shape index (κ2) is 10.7. The van der Waals surface area contributed by atoms with Crippen molar-refractivity contribution in [3.05, 3.63) is 71.8 Å². The molecule has 6 heteroatoms. The van der Waals surface area contributed by atoms with E-state index in [0.29, 0.717) is 18.5 Å². The Morgan fingerprint density at radius 1 is 1.13 bits per heavy atom. The SMILES string of the molecule is CCCCC1CN(C(=O)c2ccccc2)C(=O)C1CN(C=O)OCc1ccccc1. The number of hydrogen-bond donors (Lipinski definition) is 0. The van der Waals surface area contributed by atoms with E-state index in [1.54, 1.807) is 24.3 Å². The van der Waals surface area contributed by atoms with Gasteiger partial charge in [-0.15, -0.1) is 0 Å². The van der Waals surface area contributed by atoms with Crippen LogP contribution in [0.25, 0.3) is 0 Å². The highest BCUT2D eigenvalue weighted by Crippen LogP contribution is 2.31. The summed E-state index contributed by atoms with van der Waals surface area (Å²) in [4.78, 5) is 44.6. The van der Waals surface area contributed by atoms with Gasteiger partial charge in [-0.2, -0.15) is 0 Å². The minimum absolute atomic E-state index is 0.00730. The van der Waals surface area contributed by atoms with Crippen LogP contribution >= 0.6 is 0 Å². The lowest BCUT2D eigenvalue weighted by Gasteiger charge is -2.23. The lowest BCUT2D eigenvalue weighted by Crippen LogP contribution is -2.37. The minimum atomic E-state index is -0.454. The minimum Gasteiger partial charge on any atom is -0.278 e. The first-order valence-electron chi connectivity index (χ1n) is 10.4. The standard InChI is InChI=1S/C24H28N2O4/c1-2-3-12-21-15-26(23(28)20-13-8-5-9-14-20)24(29)22(21)16-25(18-27)30-17-19-10-6-4-7-11-19/h4-11,13-14,18,21-22H,2-3,12,15-17H2,1H3. The molecule has 1 aliphatic heterocycles. The lowest BCUT2D eigenvalue weighted by atomic mass is 9.90. The van der Waals surface area contributed by atoms with Gasteiger partial charge < -0.3 is 0 Å². The van der Waals surface area contributed by atoms with Crippen LogP contribution in [0.5, 0.6) is 0 Å². The summed E-state index contributed by atoms with van der Waals surface area (Å²) in [6, 6.07) is 18.4. The zero-order valence-electron chi connectivity index (χ0n) is 17.3. The number of likely N-dealkylation sites (tertiary alicyclic amines) is 1. The monoisotopic (exact) mass is 408 g/mol. The van der Waals surface area contributed by atoms with Crippen molar-refractivity contribution < 1.29 is 19.2 Å². The van der Waals surface area contributed by atoms with Crippen molar-refractivity contribution in [2.75, 3.05) is 13.1 Å². The molecule has 0 saturated carbocycles. The average molecular weight is 408 g/mol. The molecule has 0 N–H and O–H groups in total. The summed E-state index contributed by atoms with van der Waals surface area (Å²) in [5.74, 6) is -0.967. The fourth-order valence-electron chi connectivity index (χ4n) is 3.81. The number of imide groups is 1. The summed E-state index contributed by atoms with van der Waals surface area (Å²) in [6.07, 6.45) is 3.41. The van der Waals surface area contributed by atoms with E-state index in [9.17, 15) is 14.4 Å². The van der Waals surface area contributed by atoms with Gasteiger partial charge in [-0.25, -0.2) is 5.06 Å². The summed E-state index contributed by atoms with van der Waals surface area (Å²) in [5, 5.41) is 1.19. The third kappa shape index (κ3) is 5.33. The van der Waals surface area contributed by atoms with E-state index in [1.807, 2.05) is 36.4 Å². The summed E-state index contributed by atoms with van der Waals surface area (Å²) < 4.78 is 0. The predicted octanol–water partition coefficient (Wildman–Crippen LogP) is 3.68. The van der Waals surface area contributed by atoms with Crippen LogP contribution in [-0.2, 0) is 21.0 Å². The zero-order chi connectivity index (χ0) is 21.3. The van der Waals surface area contributed by atoms with Crippen LogP contribution in [0.4, 0.5) is 0 Å². The Morgan fingerprint density at radius 3 is 2.43 bits per heavy atom. The van der Waals surface area contributed by atoms with Crippen LogP contribution in [0.2, 0.25) is 0 Å². The van der Waals surface area contributed by atoms with Crippen molar-refractivity contribution in [2.45, 2.75) is 32.8 Å². The summed E-state index contributed by atoms with van der Waals surface area (Å²) in [5.41, 5.74) is 1.43. The van der Waals surface area contributed by atoms with Crippen LogP contribution in [0.1, 0.15) is 42.1 Å². The van der Waals surface area contributed by atoms with Crippen LogP contribution in [0.15, 0.2) is 60.7 Å². The second-order valence-electron chi connectivity index (χ2n) is 7.59. The number of carbonyl (C=O) groups excluding carboxylic acids is 3. The number of hydrogen-bond acceptors (Lipinski definition) is 4. The molecule has 0 bridgehead atoms. The maximum Gasteiger partial charge on any atom is 0.260 e. The molecule has 3 amide bonds. The first kappa shape index (κ1) is 21.7. The van der Waals surface area contributed by atoms with E-state index < -0.39 is 5.92 Å². The van der Waals surface area contributed by atoms with Crippen LogP contribution in [-0.4, -0.2) is 41.3 Å². The van der Waals surface area contributed by atoms with Gasteiger partial charge in [0, 0.05) is 12.1 Å². The van der Waals surface area contributed by atoms with E-state index in [1.165, 1.54) is 9.96 Å². The fourth-order valence-corrected chi connectivity index (χ4v) is 3.81. The van der Waals surface area contributed by atoms with Gasteiger partial charge in [0.1, 0.15) is 6.61 Å². The number of benzene rings is 2. The Bertz CT molecular complexity index is 841. The number of rotatable bonds is 10. The zero-order valence-corrected chi connectivity index (χ0v) is 17.3. The molecule has 1 aliphatic rings.